The summed E-state index contributed by atoms with van der Waals surface area (Å²) in [6.07, 6.45) is 3.92. The number of piperidine rings is 1. The highest BCUT2D eigenvalue weighted by molar-refractivity contribution is 7.88. The monoisotopic (exact) mass is 462 g/mol. The third kappa shape index (κ3) is 4.53. The topological polar surface area (TPSA) is 88.7 Å². The number of halogens is 1. The van der Waals surface area contributed by atoms with Crippen LogP contribution in [-0.4, -0.2) is 65.7 Å². The van der Waals surface area contributed by atoms with Gasteiger partial charge in [0.05, 0.1) is 18.2 Å². The van der Waals surface area contributed by atoms with Crippen LogP contribution < -0.4 is 0 Å². The van der Waals surface area contributed by atoms with E-state index in [4.69, 9.17) is 16.0 Å². The maximum atomic E-state index is 13.2. The van der Waals surface area contributed by atoms with Crippen LogP contribution in [0.25, 0.3) is 17.1 Å². The van der Waals surface area contributed by atoms with E-state index in [-0.39, 0.29) is 11.9 Å². The molecule has 1 aliphatic heterocycles. The number of rotatable bonds is 5. The van der Waals surface area contributed by atoms with Gasteiger partial charge in [0.25, 0.3) is 5.91 Å². The van der Waals surface area contributed by atoms with Crippen molar-refractivity contribution in [2.24, 2.45) is 0 Å². The summed E-state index contributed by atoms with van der Waals surface area (Å²) in [5, 5.41) is 5.11. The Morgan fingerprint density at radius 2 is 1.94 bits per heavy atom. The smallest absolute Gasteiger partial charge is 0.274 e. The lowest BCUT2D eigenvalue weighted by molar-refractivity contribution is 0.0680. The molecule has 10 heteroatoms. The van der Waals surface area contributed by atoms with Crippen molar-refractivity contribution in [2.75, 3.05) is 26.4 Å². The molecule has 4 rings (SSSR count). The van der Waals surface area contributed by atoms with E-state index in [0.29, 0.717) is 53.8 Å². The highest BCUT2D eigenvalue weighted by Gasteiger charge is 2.30. The Morgan fingerprint density at radius 1 is 1.19 bits per heavy atom. The van der Waals surface area contributed by atoms with Crippen molar-refractivity contribution in [3.05, 3.63) is 59.4 Å². The number of amides is 1. The minimum Gasteiger partial charge on any atom is -0.463 e. The summed E-state index contributed by atoms with van der Waals surface area (Å²) in [5.41, 5.74) is 1.65. The molecule has 0 unspecified atom stereocenters. The molecule has 3 aromatic rings. The molecular weight excluding hydrogens is 440 g/mol. The first kappa shape index (κ1) is 21.6. The Balaban J connectivity index is 1.59. The largest absolute Gasteiger partial charge is 0.463 e. The van der Waals surface area contributed by atoms with Crippen LogP contribution in [0.4, 0.5) is 0 Å². The maximum Gasteiger partial charge on any atom is 0.274 e. The molecule has 0 aliphatic carbocycles. The molecule has 0 atom stereocenters. The normalized spacial score (nSPS) is 15.5. The van der Waals surface area contributed by atoms with Crippen LogP contribution in [0.5, 0.6) is 0 Å². The van der Waals surface area contributed by atoms with Crippen LogP contribution in [0.3, 0.4) is 0 Å². The number of hydrogen-bond acceptors (Lipinski definition) is 5. The molecule has 1 aliphatic rings. The van der Waals surface area contributed by atoms with E-state index in [1.54, 1.807) is 53.2 Å². The van der Waals surface area contributed by atoms with Crippen molar-refractivity contribution < 1.29 is 17.6 Å². The predicted octanol–water partition coefficient (Wildman–Crippen LogP) is 3.28. The zero-order chi connectivity index (χ0) is 22.2. The fraction of sp³-hybridized carbons (Fsp3) is 0.333. The first-order valence-electron chi connectivity index (χ1n) is 9.86. The molecular formula is C21H23ClN4O4S. The van der Waals surface area contributed by atoms with E-state index in [9.17, 15) is 13.2 Å². The third-order valence-electron chi connectivity index (χ3n) is 5.54. The van der Waals surface area contributed by atoms with Crippen molar-refractivity contribution >= 4 is 27.5 Å². The van der Waals surface area contributed by atoms with Crippen LogP contribution in [0.2, 0.25) is 5.02 Å². The third-order valence-corrected chi connectivity index (χ3v) is 7.12. The van der Waals surface area contributed by atoms with Crippen molar-refractivity contribution in [3.63, 3.8) is 0 Å². The second-order valence-corrected chi connectivity index (χ2v) is 10.1. The summed E-state index contributed by atoms with van der Waals surface area (Å²) in [6, 6.07) is 12.4. The standard InChI is InChI=1S/C21H23ClN4O4S/c1-24(31(2,28)29)16-8-10-25(11-9-16)21(27)18-14-19(20-7-4-12-30-20)26(23-18)17-6-3-5-15(22)13-17/h3-7,12-14,16H,8-11H2,1-2H3. The Labute approximate surface area is 186 Å². The van der Waals surface area contributed by atoms with Gasteiger partial charge >= 0.3 is 0 Å². The van der Waals surface area contributed by atoms with Gasteiger partial charge in [-0.15, -0.1) is 0 Å². The Morgan fingerprint density at radius 3 is 2.55 bits per heavy atom. The number of sulfonamides is 1. The first-order chi connectivity index (χ1) is 14.7. The van der Waals surface area contributed by atoms with Crippen LogP contribution in [-0.2, 0) is 10.0 Å². The van der Waals surface area contributed by atoms with E-state index in [1.165, 1.54) is 10.6 Å². The van der Waals surface area contributed by atoms with Crippen molar-refractivity contribution in [2.45, 2.75) is 18.9 Å². The number of carbonyl (C=O) groups is 1. The van der Waals surface area contributed by atoms with Crippen LogP contribution >= 0.6 is 11.6 Å². The summed E-state index contributed by atoms with van der Waals surface area (Å²) in [4.78, 5) is 14.9. The molecule has 1 saturated heterocycles. The van der Waals surface area contributed by atoms with Crippen molar-refractivity contribution in [3.8, 4) is 17.1 Å². The molecule has 0 radical (unpaired) electrons. The average molecular weight is 463 g/mol. The minimum absolute atomic E-state index is 0.109. The number of nitrogens with zero attached hydrogens (tertiary/aromatic N) is 4. The Bertz CT molecular complexity index is 1180. The number of likely N-dealkylation sites (tertiary alicyclic amines) is 1. The summed E-state index contributed by atoms with van der Waals surface area (Å²) in [6.45, 7) is 0.924. The zero-order valence-corrected chi connectivity index (χ0v) is 18.8. The summed E-state index contributed by atoms with van der Waals surface area (Å²) < 4.78 is 32.2. The number of furan rings is 1. The quantitative estimate of drug-likeness (QED) is 0.580. The molecule has 8 nitrogen and oxygen atoms in total. The molecule has 0 N–H and O–H groups in total. The lowest BCUT2D eigenvalue weighted by Crippen LogP contribution is -2.47. The highest BCUT2D eigenvalue weighted by Crippen LogP contribution is 2.27. The molecule has 31 heavy (non-hydrogen) atoms. The van der Waals surface area contributed by atoms with Crippen molar-refractivity contribution in [1.82, 2.24) is 19.0 Å². The first-order valence-corrected chi connectivity index (χ1v) is 12.1. The fourth-order valence-electron chi connectivity index (χ4n) is 3.76. The number of aromatic nitrogens is 2. The van der Waals surface area contributed by atoms with Crippen molar-refractivity contribution in [1.29, 1.82) is 0 Å². The maximum absolute atomic E-state index is 13.2. The SMILES string of the molecule is CN(C1CCN(C(=O)c2cc(-c3ccco3)n(-c3cccc(Cl)c3)n2)CC1)S(C)(=O)=O. The van der Waals surface area contributed by atoms with Gasteiger partial charge in [0.15, 0.2) is 11.5 Å². The van der Waals surface area contributed by atoms with Gasteiger partial charge < -0.3 is 9.32 Å². The molecule has 1 fully saturated rings. The zero-order valence-electron chi connectivity index (χ0n) is 17.2. The number of hydrogen-bond donors (Lipinski definition) is 0. The summed E-state index contributed by atoms with van der Waals surface area (Å²) >= 11 is 6.15. The van der Waals surface area contributed by atoms with E-state index in [0.717, 1.165) is 0 Å². The Kier molecular flexibility index (Phi) is 5.92. The van der Waals surface area contributed by atoms with Gasteiger partial charge in [0.1, 0.15) is 5.69 Å². The average Bonchev–Trinajstić information content (AvgIpc) is 3.42. The molecule has 0 saturated carbocycles. The van der Waals surface area contributed by atoms with Gasteiger partial charge in [-0.2, -0.15) is 5.10 Å². The second kappa shape index (κ2) is 8.49. The van der Waals surface area contributed by atoms with Gasteiger partial charge in [-0.25, -0.2) is 17.4 Å². The van der Waals surface area contributed by atoms with E-state index in [1.807, 2.05) is 12.1 Å². The van der Waals surface area contributed by atoms with Gasteiger partial charge in [-0.1, -0.05) is 17.7 Å². The second-order valence-electron chi connectivity index (χ2n) is 7.59. The molecule has 3 heterocycles. The number of benzene rings is 1. The van der Waals surface area contributed by atoms with Gasteiger partial charge in [-0.3, -0.25) is 4.79 Å². The van der Waals surface area contributed by atoms with Gasteiger partial charge in [-0.05, 0) is 43.2 Å². The van der Waals surface area contributed by atoms with E-state index >= 15 is 0 Å². The predicted molar refractivity (Wildman–Crippen MR) is 118 cm³/mol. The molecule has 0 bridgehead atoms. The molecule has 164 valence electrons. The summed E-state index contributed by atoms with van der Waals surface area (Å²) in [5.74, 6) is 0.383. The summed E-state index contributed by atoms with van der Waals surface area (Å²) in [7, 11) is -1.68. The van der Waals surface area contributed by atoms with Gasteiger partial charge in [0, 0.05) is 37.3 Å². The van der Waals surface area contributed by atoms with E-state index in [2.05, 4.69) is 5.10 Å². The number of carbonyl (C=O) groups excluding carboxylic acids is 1. The van der Waals surface area contributed by atoms with Gasteiger partial charge in [0.2, 0.25) is 10.0 Å². The molecule has 1 amide bonds. The lowest BCUT2D eigenvalue weighted by Gasteiger charge is -2.35. The molecule has 2 aromatic heterocycles. The highest BCUT2D eigenvalue weighted by atomic mass is 35.5. The van der Waals surface area contributed by atoms with Crippen LogP contribution in [0, 0.1) is 0 Å². The van der Waals surface area contributed by atoms with Crippen LogP contribution in [0.15, 0.2) is 53.1 Å². The molecule has 0 spiro atoms. The fourth-order valence-corrected chi connectivity index (χ4v) is 4.69. The van der Waals surface area contributed by atoms with E-state index < -0.39 is 10.0 Å². The molecule has 1 aromatic carbocycles. The minimum atomic E-state index is -3.26. The lowest BCUT2D eigenvalue weighted by atomic mass is 10.0. The van der Waals surface area contributed by atoms with Crippen LogP contribution in [0.1, 0.15) is 23.3 Å². The Hall–Kier alpha value is -2.62.